The van der Waals surface area contributed by atoms with Crippen LogP contribution in [0.5, 0.6) is 11.9 Å². The summed E-state index contributed by atoms with van der Waals surface area (Å²) in [6.45, 7) is 1.86. The highest BCUT2D eigenvalue weighted by atomic mass is 32.2. The third-order valence-electron chi connectivity index (χ3n) is 5.33. The van der Waals surface area contributed by atoms with Crippen LogP contribution in [0.1, 0.15) is 5.56 Å². The van der Waals surface area contributed by atoms with Gasteiger partial charge in [-0.05, 0) is 43.3 Å². The van der Waals surface area contributed by atoms with E-state index >= 15 is 0 Å². The first kappa shape index (κ1) is 26.2. The van der Waals surface area contributed by atoms with Crippen LogP contribution in [0.4, 0.5) is 22.0 Å². The van der Waals surface area contributed by atoms with Gasteiger partial charge in [-0.15, -0.1) is 0 Å². The average molecular weight is 539 g/mol. The summed E-state index contributed by atoms with van der Waals surface area (Å²) in [5.41, 5.74) is 1.52. The SMILES string of the molecule is COc1cc(NS(=O)(=O)c2ccc(N=CC3C(=O)NC(=O)N(c4ccc(C)cc4)C3=O)cc2)nc(OC)n1. The van der Waals surface area contributed by atoms with Gasteiger partial charge < -0.3 is 9.47 Å². The zero-order chi connectivity index (χ0) is 27.4. The third kappa shape index (κ3) is 5.59. The first-order valence-corrected chi connectivity index (χ1v) is 12.5. The Labute approximate surface area is 217 Å². The number of nitrogens with zero attached hydrogens (tertiary/aromatic N) is 4. The number of barbiturate groups is 1. The lowest BCUT2D eigenvalue weighted by Crippen LogP contribution is -2.58. The van der Waals surface area contributed by atoms with Crippen LogP contribution in [0, 0.1) is 12.8 Å². The van der Waals surface area contributed by atoms with Crippen molar-refractivity contribution in [2.75, 3.05) is 23.8 Å². The second-order valence-corrected chi connectivity index (χ2v) is 9.62. The second-order valence-electron chi connectivity index (χ2n) is 7.94. The second kappa shape index (κ2) is 10.6. The summed E-state index contributed by atoms with van der Waals surface area (Å²) in [6.07, 6.45) is 1.10. The number of imide groups is 2. The van der Waals surface area contributed by atoms with Crippen molar-refractivity contribution < 1.29 is 32.3 Å². The summed E-state index contributed by atoms with van der Waals surface area (Å²) in [5, 5.41) is 2.15. The van der Waals surface area contributed by atoms with Crippen LogP contribution in [-0.2, 0) is 19.6 Å². The number of benzene rings is 2. The van der Waals surface area contributed by atoms with Gasteiger partial charge in [0.1, 0.15) is 0 Å². The molecule has 0 spiro atoms. The molecule has 2 aromatic carbocycles. The number of hydrogen-bond acceptors (Lipinski definition) is 10. The summed E-state index contributed by atoms with van der Waals surface area (Å²) in [5.74, 6) is -2.90. The van der Waals surface area contributed by atoms with Crippen LogP contribution >= 0.6 is 0 Å². The van der Waals surface area contributed by atoms with Gasteiger partial charge in [-0.1, -0.05) is 17.7 Å². The van der Waals surface area contributed by atoms with Gasteiger partial charge in [0, 0.05) is 12.3 Å². The van der Waals surface area contributed by atoms with Gasteiger partial charge in [0.25, 0.3) is 15.9 Å². The molecule has 1 atom stereocenters. The number of urea groups is 1. The lowest BCUT2D eigenvalue weighted by atomic mass is 10.1. The number of carbonyl (C=O) groups is 3. The first-order chi connectivity index (χ1) is 18.1. The Balaban J connectivity index is 1.51. The van der Waals surface area contributed by atoms with Gasteiger partial charge in [0.15, 0.2) is 11.7 Å². The number of aryl methyl sites for hydroxylation is 1. The molecule has 0 aliphatic carbocycles. The number of amides is 4. The van der Waals surface area contributed by atoms with E-state index in [2.05, 4.69) is 25.0 Å². The molecule has 0 bridgehead atoms. The number of ether oxygens (including phenoxy) is 2. The van der Waals surface area contributed by atoms with E-state index < -0.39 is 33.8 Å². The molecule has 13 nitrogen and oxygen atoms in total. The molecule has 38 heavy (non-hydrogen) atoms. The maximum atomic E-state index is 12.9. The molecule has 1 aromatic heterocycles. The molecule has 1 aliphatic heterocycles. The van der Waals surface area contributed by atoms with Crippen LogP contribution in [0.25, 0.3) is 0 Å². The largest absolute Gasteiger partial charge is 0.481 e. The van der Waals surface area contributed by atoms with Crippen molar-refractivity contribution in [3.8, 4) is 11.9 Å². The number of aliphatic imine (C=N–C) groups is 1. The molecule has 1 fully saturated rings. The van der Waals surface area contributed by atoms with Crippen LogP contribution in [-0.4, -0.2) is 56.7 Å². The molecule has 3 aromatic rings. The van der Waals surface area contributed by atoms with Gasteiger partial charge in [0.2, 0.25) is 11.8 Å². The lowest BCUT2D eigenvalue weighted by Gasteiger charge is -2.28. The fourth-order valence-corrected chi connectivity index (χ4v) is 4.37. The predicted octanol–water partition coefficient (Wildman–Crippen LogP) is 2.20. The Kier molecular flexibility index (Phi) is 7.34. The number of anilines is 2. The minimum Gasteiger partial charge on any atom is -0.481 e. The quantitative estimate of drug-likeness (QED) is 0.322. The van der Waals surface area contributed by atoms with E-state index in [0.29, 0.717) is 5.69 Å². The fourth-order valence-electron chi connectivity index (χ4n) is 3.38. The summed E-state index contributed by atoms with van der Waals surface area (Å²) >= 11 is 0. The van der Waals surface area contributed by atoms with Crippen molar-refractivity contribution in [3.05, 3.63) is 60.2 Å². The highest BCUT2D eigenvalue weighted by Crippen LogP contribution is 2.24. The molecular formula is C24H22N6O7S. The number of sulfonamides is 1. The minimum absolute atomic E-state index is 0.0645. The maximum absolute atomic E-state index is 12.9. The highest BCUT2D eigenvalue weighted by Gasteiger charge is 2.40. The van der Waals surface area contributed by atoms with Gasteiger partial charge in [-0.25, -0.2) is 18.1 Å². The summed E-state index contributed by atoms with van der Waals surface area (Å²) in [6, 6.07) is 12.4. The monoisotopic (exact) mass is 538 g/mol. The normalized spacial score (nSPS) is 15.9. The molecule has 1 aliphatic rings. The van der Waals surface area contributed by atoms with E-state index in [-0.39, 0.29) is 28.3 Å². The third-order valence-corrected chi connectivity index (χ3v) is 6.70. The molecular weight excluding hydrogens is 516 g/mol. The molecule has 0 saturated carbocycles. The van der Waals surface area contributed by atoms with Crippen molar-refractivity contribution in [1.29, 1.82) is 0 Å². The predicted molar refractivity (Wildman–Crippen MR) is 136 cm³/mol. The number of hydrogen-bond donors (Lipinski definition) is 2. The smallest absolute Gasteiger partial charge is 0.335 e. The van der Waals surface area contributed by atoms with Crippen molar-refractivity contribution in [2.24, 2.45) is 10.9 Å². The Morgan fingerprint density at radius 1 is 1.00 bits per heavy atom. The number of methoxy groups -OCH3 is 2. The number of nitrogens with one attached hydrogen (secondary N) is 2. The Hall–Kier alpha value is -4.85. The van der Waals surface area contributed by atoms with E-state index in [9.17, 15) is 22.8 Å². The molecule has 4 rings (SSSR count). The Bertz CT molecular complexity index is 1500. The minimum atomic E-state index is -4.05. The topological polar surface area (TPSA) is 169 Å². The highest BCUT2D eigenvalue weighted by molar-refractivity contribution is 7.92. The van der Waals surface area contributed by atoms with Gasteiger partial charge in [0.05, 0.1) is 30.5 Å². The lowest BCUT2D eigenvalue weighted by molar-refractivity contribution is -0.131. The standard InChI is InChI=1S/C24H22N6O7S/c1-14-4-8-16(9-5-14)30-22(32)18(21(31)28-24(30)33)13-25-15-6-10-17(11-7-15)38(34,35)29-19-12-20(36-2)27-23(26-19)37-3/h4-13,18H,1-3H3,(H,26,27,29)(H,28,31,33). The summed E-state index contributed by atoms with van der Waals surface area (Å²) in [4.78, 5) is 50.3. The summed E-state index contributed by atoms with van der Waals surface area (Å²) in [7, 11) is -1.35. The van der Waals surface area contributed by atoms with E-state index in [1.54, 1.807) is 24.3 Å². The molecule has 0 radical (unpaired) electrons. The van der Waals surface area contributed by atoms with Crippen molar-refractivity contribution in [3.63, 3.8) is 0 Å². The summed E-state index contributed by atoms with van der Waals surface area (Å²) < 4.78 is 37.9. The van der Waals surface area contributed by atoms with Crippen LogP contribution in [0.15, 0.2) is 64.5 Å². The Morgan fingerprint density at radius 2 is 1.68 bits per heavy atom. The van der Waals surface area contributed by atoms with Crippen LogP contribution in [0.2, 0.25) is 0 Å². The molecule has 196 valence electrons. The molecule has 2 N–H and O–H groups in total. The van der Waals surface area contributed by atoms with Crippen molar-refractivity contribution >= 4 is 51.3 Å². The van der Waals surface area contributed by atoms with Crippen molar-refractivity contribution in [2.45, 2.75) is 11.8 Å². The van der Waals surface area contributed by atoms with Crippen LogP contribution in [0.3, 0.4) is 0 Å². The van der Waals surface area contributed by atoms with Gasteiger partial charge in [-0.3, -0.25) is 24.6 Å². The number of rotatable bonds is 8. The molecule has 4 amide bonds. The van der Waals surface area contributed by atoms with E-state index in [1.165, 1.54) is 44.6 Å². The fraction of sp³-hybridized carbons (Fsp3) is 0.167. The number of carbonyl (C=O) groups excluding carboxylic acids is 3. The molecule has 1 unspecified atom stereocenters. The molecule has 14 heteroatoms. The van der Waals surface area contributed by atoms with Crippen molar-refractivity contribution in [1.82, 2.24) is 15.3 Å². The first-order valence-electron chi connectivity index (χ1n) is 11.0. The Morgan fingerprint density at radius 3 is 2.32 bits per heavy atom. The maximum Gasteiger partial charge on any atom is 0.335 e. The average Bonchev–Trinajstić information content (AvgIpc) is 2.89. The van der Waals surface area contributed by atoms with E-state index in [4.69, 9.17) is 9.47 Å². The number of aromatic nitrogens is 2. The zero-order valence-electron chi connectivity index (χ0n) is 20.4. The zero-order valence-corrected chi connectivity index (χ0v) is 21.2. The molecule has 1 saturated heterocycles. The van der Waals surface area contributed by atoms with Gasteiger partial charge in [-0.2, -0.15) is 9.97 Å². The van der Waals surface area contributed by atoms with Gasteiger partial charge >= 0.3 is 12.0 Å². The van der Waals surface area contributed by atoms with E-state index in [0.717, 1.165) is 16.7 Å². The van der Waals surface area contributed by atoms with Crippen LogP contribution < -0.4 is 24.4 Å². The van der Waals surface area contributed by atoms with E-state index in [1.807, 2.05) is 6.92 Å². The molecule has 2 heterocycles.